The second kappa shape index (κ2) is 5.59. The van der Waals surface area contributed by atoms with Crippen molar-refractivity contribution in [2.24, 2.45) is 11.8 Å². The molecular formula is C13H22N2O3. The molecule has 2 amide bonds. The number of hydrogen-bond donors (Lipinski definition) is 3. The van der Waals surface area contributed by atoms with E-state index in [0.29, 0.717) is 12.3 Å². The van der Waals surface area contributed by atoms with E-state index in [9.17, 15) is 14.7 Å². The highest BCUT2D eigenvalue weighted by molar-refractivity contribution is 5.77. The van der Waals surface area contributed by atoms with Gasteiger partial charge in [0.05, 0.1) is 5.92 Å². The van der Waals surface area contributed by atoms with E-state index in [2.05, 4.69) is 17.6 Å². The van der Waals surface area contributed by atoms with Crippen LogP contribution < -0.4 is 10.6 Å². The molecule has 0 spiro atoms. The minimum Gasteiger partial charge on any atom is -0.481 e. The molecule has 0 aromatic rings. The Balaban J connectivity index is 1.87. The van der Waals surface area contributed by atoms with Crippen molar-refractivity contribution in [1.29, 1.82) is 0 Å². The molecule has 0 aliphatic heterocycles. The maximum atomic E-state index is 11.8. The molecular weight excluding hydrogens is 232 g/mol. The lowest BCUT2D eigenvalue weighted by Gasteiger charge is -2.23. The summed E-state index contributed by atoms with van der Waals surface area (Å²) in [6.45, 7) is 2.09. The summed E-state index contributed by atoms with van der Waals surface area (Å²) in [5.41, 5.74) is 0. The molecule has 0 heterocycles. The highest BCUT2D eigenvalue weighted by atomic mass is 16.4. The zero-order valence-electron chi connectivity index (χ0n) is 10.8. The number of nitrogens with one attached hydrogen (secondary N) is 2. The first-order valence-electron chi connectivity index (χ1n) is 6.87. The lowest BCUT2D eigenvalue weighted by Crippen LogP contribution is -2.47. The van der Waals surface area contributed by atoms with Crippen LogP contribution in [0.25, 0.3) is 0 Å². The number of hydrogen-bond acceptors (Lipinski definition) is 2. The van der Waals surface area contributed by atoms with Gasteiger partial charge in [-0.1, -0.05) is 26.2 Å². The second-order valence-electron chi connectivity index (χ2n) is 5.63. The smallest absolute Gasteiger partial charge is 0.315 e. The van der Waals surface area contributed by atoms with Crippen LogP contribution in [-0.4, -0.2) is 29.2 Å². The first-order valence-corrected chi connectivity index (χ1v) is 6.87. The van der Waals surface area contributed by atoms with Crippen LogP contribution in [-0.2, 0) is 4.79 Å². The van der Waals surface area contributed by atoms with Gasteiger partial charge >= 0.3 is 12.0 Å². The fourth-order valence-corrected chi connectivity index (χ4v) is 2.68. The maximum absolute atomic E-state index is 11.8. The molecule has 0 radical (unpaired) electrons. The molecule has 4 atom stereocenters. The van der Waals surface area contributed by atoms with Gasteiger partial charge in [0.25, 0.3) is 0 Å². The third kappa shape index (κ3) is 3.37. The van der Waals surface area contributed by atoms with Gasteiger partial charge in [-0.15, -0.1) is 0 Å². The zero-order valence-corrected chi connectivity index (χ0v) is 10.8. The fourth-order valence-electron chi connectivity index (χ4n) is 2.68. The molecule has 102 valence electrons. The summed E-state index contributed by atoms with van der Waals surface area (Å²) in [6, 6.07) is -0.152. The van der Waals surface area contributed by atoms with Crippen molar-refractivity contribution in [2.45, 2.75) is 57.5 Å². The molecule has 3 N–H and O–H groups in total. The second-order valence-corrected chi connectivity index (χ2v) is 5.63. The highest BCUT2D eigenvalue weighted by Gasteiger charge is 2.35. The van der Waals surface area contributed by atoms with Gasteiger partial charge in [-0.05, 0) is 25.2 Å². The van der Waals surface area contributed by atoms with Crippen LogP contribution in [0.3, 0.4) is 0 Å². The van der Waals surface area contributed by atoms with E-state index in [1.165, 1.54) is 0 Å². The quantitative estimate of drug-likeness (QED) is 0.671. The Morgan fingerprint density at radius 1 is 1.06 bits per heavy atom. The van der Waals surface area contributed by atoms with Crippen molar-refractivity contribution in [3.05, 3.63) is 0 Å². The van der Waals surface area contributed by atoms with Gasteiger partial charge in [-0.25, -0.2) is 4.79 Å². The molecule has 18 heavy (non-hydrogen) atoms. The maximum Gasteiger partial charge on any atom is 0.315 e. The predicted octanol–water partition coefficient (Wildman–Crippen LogP) is 1.73. The average Bonchev–Trinajstić information content (AvgIpc) is 3.01. The molecule has 0 aromatic carbocycles. The van der Waals surface area contributed by atoms with Gasteiger partial charge in [-0.2, -0.15) is 0 Å². The number of carboxylic acids is 1. The topological polar surface area (TPSA) is 78.4 Å². The number of carbonyl (C=O) groups excluding carboxylic acids is 1. The van der Waals surface area contributed by atoms with Crippen LogP contribution in [0, 0.1) is 11.8 Å². The number of carboxylic acid groups (broad SMARTS) is 1. The van der Waals surface area contributed by atoms with E-state index >= 15 is 0 Å². The highest BCUT2D eigenvalue weighted by Crippen LogP contribution is 2.29. The zero-order chi connectivity index (χ0) is 13.1. The van der Waals surface area contributed by atoms with Gasteiger partial charge in [-0.3, -0.25) is 4.79 Å². The Kier molecular flexibility index (Phi) is 4.09. The van der Waals surface area contributed by atoms with Crippen molar-refractivity contribution in [3.8, 4) is 0 Å². The number of urea groups is 1. The van der Waals surface area contributed by atoms with E-state index in [1.807, 2.05) is 0 Å². The first kappa shape index (κ1) is 13.2. The molecule has 5 heteroatoms. The number of carbonyl (C=O) groups is 2. The summed E-state index contributed by atoms with van der Waals surface area (Å²) >= 11 is 0. The van der Waals surface area contributed by atoms with E-state index in [1.54, 1.807) is 0 Å². The average molecular weight is 254 g/mol. The number of amides is 2. The Hall–Kier alpha value is -1.26. The standard InChI is InChI=1S/C13H22N2O3/c1-8-7-11(8)15-13(18)14-10-6-4-2-3-5-9(10)12(16)17/h8-11H,2-7H2,1H3,(H,16,17)(H2,14,15,18). The van der Waals surface area contributed by atoms with Crippen molar-refractivity contribution in [1.82, 2.24) is 10.6 Å². The molecule has 2 aliphatic rings. The van der Waals surface area contributed by atoms with Crippen LogP contribution >= 0.6 is 0 Å². The monoisotopic (exact) mass is 254 g/mol. The van der Waals surface area contributed by atoms with Gasteiger partial charge < -0.3 is 15.7 Å². The third-order valence-corrected chi connectivity index (χ3v) is 4.08. The van der Waals surface area contributed by atoms with Crippen LogP contribution in [0.4, 0.5) is 4.79 Å². The van der Waals surface area contributed by atoms with Crippen molar-refractivity contribution in [3.63, 3.8) is 0 Å². The van der Waals surface area contributed by atoms with Crippen LogP contribution in [0.15, 0.2) is 0 Å². The van der Waals surface area contributed by atoms with Crippen molar-refractivity contribution >= 4 is 12.0 Å². The van der Waals surface area contributed by atoms with E-state index in [-0.39, 0.29) is 18.1 Å². The van der Waals surface area contributed by atoms with Crippen molar-refractivity contribution in [2.75, 3.05) is 0 Å². The number of rotatable bonds is 3. The van der Waals surface area contributed by atoms with Gasteiger partial charge in [0.15, 0.2) is 0 Å². The molecule has 0 bridgehead atoms. The SMILES string of the molecule is CC1CC1NC(=O)NC1CCCCCC1C(=O)O. The Bertz CT molecular complexity index is 332. The molecule has 2 aliphatic carbocycles. The Morgan fingerprint density at radius 2 is 1.67 bits per heavy atom. The minimum absolute atomic E-state index is 0.206. The predicted molar refractivity (Wildman–Crippen MR) is 67.2 cm³/mol. The first-order chi connectivity index (χ1) is 8.58. The Morgan fingerprint density at radius 3 is 2.28 bits per heavy atom. The molecule has 0 aromatic heterocycles. The van der Waals surface area contributed by atoms with E-state index in [4.69, 9.17) is 0 Å². The molecule has 2 rings (SSSR count). The molecule has 5 nitrogen and oxygen atoms in total. The van der Waals surface area contributed by atoms with Crippen LogP contribution in [0.1, 0.15) is 45.4 Å². The summed E-state index contributed by atoms with van der Waals surface area (Å²) in [5, 5.41) is 15.0. The summed E-state index contributed by atoms with van der Waals surface area (Å²) in [6.07, 6.45) is 5.46. The minimum atomic E-state index is -0.790. The third-order valence-electron chi connectivity index (χ3n) is 4.08. The molecule has 2 saturated carbocycles. The summed E-state index contributed by atoms with van der Waals surface area (Å²) in [7, 11) is 0. The van der Waals surface area contributed by atoms with Crippen LogP contribution in [0.2, 0.25) is 0 Å². The molecule has 2 fully saturated rings. The Labute approximate surface area is 107 Å². The normalized spacial score (nSPS) is 35.4. The summed E-state index contributed by atoms with van der Waals surface area (Å²) in [5.74, 6) is -0.669. The van der Waals surface area contributed by atoms with Crippen LogP contribution in [0.5, 0.6) is 0 Å². The molecule has 4 unspecified atom stereocenters. The van der Waals surface area contributed by atoms with Crippen molar-refractivity contribution < 1.29 is 14.7 Å². The van der Waals surface area contributed by atoms with Gasteiger partial charge in [0, 0.05) is 12.1 Å². The largest absolute Gasteiger partial charge is 0.481 e. The summed E-state index contributed by atoms with van der Waals surface area (Å²) < 4.78 is 0. The fraction of sp³-hybridized carbons (Fsp3) is 0.846. The van der Waals surface area contributed by atoms with E-state index < -0.39 is 11.9 Å². The van der Waals surface area contributed by atoms with Gasteiger partial charge in [0.1, 0.15) is 0 Å². The lowest BCUT2D eigenvalue weighted by atomic mass is 9.95. The lowest BCUT2D eigenvalue weighted by molar-refractivity contribution is -0.142. The number of aliphatic carboxylic acids is 1. The summed E-state index contributed by atoms with van der Waals surface area (Å²) in [4.78, 5) is 23.0. The van der Waals surface area contributed by atoms with Gasteiger partial charge in [0.2, 0.25) is 0 Å². The molecule has 0 saturated heterocycles. The van der Waals surface area contributed by atoms with E-state index in [0.717, 1.165) is 32.1 Å².